The molecule has 1 amide bonds. The third-order valence-electron chi connectivity index (χ3n) is 3.77. The van der Waals surface area contributed by atoms with Crippen molar-refractivity contribution >= 4 is 11.6 Å². The average molecular weight is 314 g/mol. The van der Waals surface area contributed by atoms with Gasteiger partial charge < -0.3 is 10.6 Å². The van der Waals surface area contributed by atoms with Crippen LogP contribution >= 0.6 is 0 Å². The quantitative estimate of drug-likeness (QED) is 0.837. The van der Waals surface area contributed by atoms with Gasteiger partial charge in [-0.2, -0.15) is 0 Å². The first-order valence-electron chi connectivity index (χ1n) is 7.85. The first-order valence-corrected chi connectivity index (χ1v) is 7.85. The summed E-state index contributed by atoms with van der Waals surface area (Å²) < 4.78 is 12.9. The molecule has 1 unspecified atom stereocenters. The Kier molecular flexibility index (Phi) is 5.74. The van der Waals surface area contributed by atoms with Crippen LogP contribution in [-0.2, 0) is 4.79 Å². The second-order valence-electron chi connectivity index (χ2n) is 5.94. The number of carbonyl (C=O) groups is 1. The van der Waals surface area contributed by atoms with Crippen LogP contribution in [0.1, 0.15) is 43.9 Å². The second-order valence-corrected chi connectivity index (χ2v) is 5.94. The van der Waals surface area contributed by atoms with E-state index in [2.05, 4.69) is 30.5 Å². The van der Waals surface area contributed by atoms with Crippen molar-refractivity contribution in [1.29, 1.82) is 0 Å². The highest BCUT2D eigenvalue weighted by Crippen LogP contribution is 2.23. The van der Waals surface area contributed by atoms with Crippen molar-refractivity contribution < 1.29 is 9.18 Å². The first-order chi connectivity index (χ1) is 11.0. The van der Waals surface area contributed by atoms with Crippen molar-refractivity contribution in [2.45, 2.75) is 32.7 Å². The number of halogens is 1. The van der Waals surface area contributed by atoms with E-state index in [9.17, 15) is 9.18 Å². The molecule has 2 aromatic carbocycles. The van der Waals surface area contributed by atoms with E-state index >= 15 is 0 Å². The van der Waals surface area contributed by atoms with Crippen molar-refractivity contribution in [3.05, 3.63) is 65.5 Å². The highest BCUT2D eigenvalue weighted by atomic mass is 19.1. The molecular weight excluding hydrogens is 291 g/mol. The molecule has 0 aliphatic heterocycles. The van der Waals surface area contributed by atoms with Crippen LogP contribution in [0.25, 0.3) is 0 Å². The van der Waals surface area contributed by atoms with E-state index in [0.29, 0.717) is 5.92 Å². The lowest BCUT2D eigenvalue weighted by Crippen LogP contribution is -2.32. The largest absolute Gasteiger partial charge is 0.376 e. The predicted octanol–water partition coefficient (Wildman–Crippen LogP) is 4.24. The smallest absolute Gasteiger partial charge is 0.239 e. The van der Waals surface area contributed by atoms with Gasteiger partial charge in [0.25, 0.3) is 0 Å². The fraction of sp³-hybridized carbons (Fsp3) is 0.316. The Labute approximate surface area is 136 Å². The molecule has 0 aliphatic rings. The highest BCUT2D eigenvalue weighted by molar-refractivity contribution is 5.81. The van der Waals surface area contributed by atoms with Gasteiger partial charge in [0.2, 0.25) is 5.91 Å². The Morgan fingerprint density at radius 1 is 1.04 bits per heavy atom. The van der Waals surface area contributed by atoms with Gasteiger partial charge in [-0.15, -0.1) is 0 Å². The van der Waals surface area contributed by atoms with Crippen molar-refractivity contribution in [3.63, 3.8) is 0 Å². The molecule has 122 valence electrons. The Hall–Kier alpha value is -2.36. The van der Waals surface area contributed by atoms with E-state index < -0.39 is 0 Å². The van der Waals surface area contributed by atoms with Gasteiger partial charge in [0.1, 0.15) is 5.82 Å². The van der Waals surface area contributed by atoms with Crippen LogP contribution in [0.5, 0.6) is 0 Å². The van der Waals surface area contributed by atoms with E-state index in [1.165, 1.54) is 17.7 Å². The van der Waals surface area contributed by atoms with Gasteiger partial charge in [0, 0.05) is 5.69 Å². The van der Waals surface area contributed by atoms with Crippen LogP contribution in [0, 0.1) is 5.82 Å². The fourth-order valence-corrected chi connectivity index (χ4v) is 2.46. The summed E-state index contributed by atoms with van der Waals surface area (Å²) in [6, 6.07) is 14.0. The minimum absolute atomic E-state index is 0.0969. The third-order valence-corrected chi connectivity index (χ3v) is 3.77. The molecule has 2 rings (SSSR count). The number of nitrogens with one attached hydrogen (secondary N) is 2. The number of para-hydroxylation sites is 1. The van der Waals surface area contributed by atoms with Crippen molar-refractivity contribution in [2.75, 3.05) is 11.9 Å². The molecule has 0 aromatic heterocycles. The molecule has 0 bridgehead atoms. The number of hydrogen-bond donors (Lipinski definition) is 2. The molecule has 0 saturated carbocycles. The summed E-state index contributed by atoms with van der Waals surface area (Å²) in [4.78, 5) is 12.1. The van der Waals surface area contributed by atoms with Gasteiger partial charge in [-0.1, -0.05) is 44.2 Å². The third kappa shape index (κ3) is 4.81. The maximum Gasteiger partial charge on any atom is 0.239 e. The molecule has 0 saturated heterocycles. The van der Waals surface area contributed by atoms with E-state index in [1.807, 2.05) is 25.1 Å². The topological polar surface area (TPSA) is 41.1 Å². The lowest BCUT2D eigenvalue weighted by Gasteiger charge is -2.17. The second kappa shape index (κ2) is 7.77. The molecule has 0 heterocycles. The highest BCUT2D eigenvalue weighted by Gasteiger charge is 2.11. The Bertz CT molecular complexity index is 653. The number of amides is 1. The Morgan fingerprint density at radius 2 is 1.70 bits per heavy atom. The number of rotatable bonds is 6. The molecule has 0 radical (unpaired) electrons. The molecule has 2 N–H and O–H groups in total. The SMILES string of the molecule is CC(C)c1ccccc1NCC(=O)NC(C)c1ccc(F)cc1. The molecule has 0 aliphatic carbocycles. The average Bonchev–Trinajstić information content (AvgIpc) is 2.53. The lowest BCUT2D eigenvalue weighted by molar-refractivity contribution is -0.120. The van der Waals surface area contributed by atoms with Gasteiger partial charge in [0.15, 0.2) is 0 Å². The summed E-state index contributed by atoms with van der Waals surface area (Å²) >= 11 is 0. The standard InChI is InChI=1S/C19H23FN2O/c1-13(2)17-6-4-5-7-18(17)21-12-19(23)22-14(3)15-8-10-16(20)11-9-15/h4-11,13-14,21H,12H2,1-3H3,(H,22,23). The van der Waals surface area contributed by atoms with Crippen molar-refractivity contribution in [2.24, 2.45) is 0 Å². The summed E-state index contributed by atoms with van der Waals surface area (Å²) in [6.45, 7) is 6.33. The van der Waals surface area contributed by atoms with E-state index in [-0.39, 0.29) is 24.3 Å². The molecule has 0 spiro atoms. The molecule has 4 heteroatoms. The van der Waals surface area contributed by atoms with Gasteiger partial charge in [-0.25, -0.2) is 4.39 Å². The molecular formula is C19H23FN2O. The van der Waals surface area contributed by atoms with E-state index in [0.717, 1.165) is 11.3 Å². The molecule has 0 fully saturated rings. The fourth-order valence-electron chi connectivity index (χ4n) is 2.46. The lowest BCUT2D eigenvalue weighted by atomic mass is 10.0. The maximum atomic E-state index is 12.9. The summed E-state index contributed by atoms with van der Waals surface area (Å²) in [6.07, 6.45) is 0. The molecule has 23 heavy (non-hydrogen) atoms. The number of carbonyl (C=O) groups excluding carboxylic acids is 1. The van der Waals surface area contributed by atoms with Crippen LogP contribution in [0.3, 0.4) is 0 Å². The van der Waals surface area contributed by atoms with Gasteiger partial charge in [-0.3, -0.25) is 4.79 Å². The summed E-state index contributed by atoms with van der Waals surface area (Å²) in [5.74, 6) is 0.0134. The number of benzene rings is 2. The van der Waals surface area contributed by atoms with Crippen LogP contribution in [0.15, 0.2) is 48.5 Å². The van der Waals surface area contributed by atoms with E-state index in [1.54, 1.807) is 12.1 Å². The zero-order valence-electron chi connectivity index (χ0n) is 13.8. The number of anilines is 1. The zero-order chi connectivity index (χ0) is 16.8. The van der Waals surface area contributed by atoms with Gasteiger partial charge in [-0.05, 0) is 42.2 Å². The van der Waals surface area contributed by atoms with E-state index in [4.69, 9.17) is 0 Å². The minimum Gasteiger partial charge on any atom is -0.376 e. The Balaban J connectivity index is 1.91. The monoisotopic (exact) mass is 314 g/mol. The van der Waals surface area contributed by atoms with Crippen LogP contribution in [-0.4, -0.2) is 12.5 Å². The van der Waals surface area contributed by atoms with Gasteiger partial charge in [0.05, 0.1) is 12.6 Å². The first kappa shape index (κ1) is 17.0. The van der Waals surface area contributed by atoms with Crippen LogP contribution in [0.4, 0.5) is 10.1 Å². The summed E-state index contributed by atoms with van der Waals surface area (Å²) in [5.41, 5.74) is 3.04. The zero-order valence-corrected chi connectivity index (χ0v) is 13.8. The minimum atomic E-state index is -0.278. The van der Waals surface area contributed by atoms with Gasteiger partial charge >= 0.3 is 0 Å². The molecule has 1 atom stereocenters. The summed E-state index contributed by atoms with van der Waals surface area (Å²) in [5, 5.41) is 6.10. The molecule has 2 aromatic rings. The van der Waals surface area contributed by atoms with Crippen molar-refractivity contribution in [1.82, 2.24) is 5.32 Å². The Morgan fingerprint density at radius 3 is 2.35 bits per heavy atom. The maximum absolute atomic E-state index is 12.9. The normalized spacial score (nSPS) is 12.0. The van der Waals surface area contributed by atoms with Crippen LogP contribution in [0.2, 0.25) is 0 Å². The van der Waals surface area contributed by atoms with Crippen molar-refractivity contribution in [3.8, 4) is 0 Å². The predicted molar refractivity (Wildman–Crippen MR) is 92.0 cm³/mol. The molecule has 3 nitrogen and oxygen atoms in total. The number of hydrogen-bond acceptors (Lipinski definition) is 2. The summed E-state index contributed by atoms with van der Waals surface area (Å²) in [7, 11) is 0. The van der Waals surface area contributed by atoms with Crippen LogP contribution < -0.4 is 10.6 Å².